The van der Waals surface area contributed by atoms with Crippen molar-refractivity contribution in [3.63, 3.8) is 0 Å². The molecule has 1 aromatic heterocycles. The Kier molecular flexibility index (Phi) is 3.21. The van der Waals surface area contributed by atoms with Crippen LogP contribution in [0.1, 0.15) is 11.4 Å². The van der Waals surface area contributed by atoms with Crippen LogP contribution in [0.25, 0.3) is 0 Å². The number of methoxy groups -OCH3 is 1. The highest BCUT2D eigenvalue weighted by Gasteiger charge is 2.09. The lowest BCUT2D eigenvalue weighted by Gasteiger charge is -2.07. The van der Waals surface area contributed by atoms with E-state index in [1.807, 2.05) is 6.07 Å². The minimum atomic E-state index is 0.450. The highest BCUT2D eigenvalue weighted by Crippen LogP contribution is 2.32. The standard InChI is InChI=1S/C11H9N3O2S/c1-7-13-11(17-14-7)16-9-4-3-8(6-12)5-10(9)15-2/h3-5H,1-2H3. The predicted molar refractivity (Wildman–Crippen MR) is 62.4 cm³/mol. The smallest absolute Gasteiger partial charge is 0.298 e. The molecule has 0 N–H and O–H groups in total. The van der Waals surface area contributed by atoms with Crippen molar-refractivity contribution in [3.8, 4) is 22.8 Å². The summed E-state index contributed by atoms with van der Waals surface area (Å²) in [5.74, 6) is 1.68. The van der Waals surface area contributed by atoms with E-state index in [1.54, 1.807) is 25.1 Å². The number of benzene rings is 1. The molecule has 1 aromatic carbocycles. The molecule has 6 heteroatoms. The summed E-state index contributed by atoms with van der Waals surface area (Å²) in [7, 11) is 1.52. The molecule has 5 nitrogen and oxygen atoms in total. The van der Waals surface area contributed by atoms with Gasteiger partial charge in [0.05, 0.1) is 18.7 Å². The number of aryl methyl sites for hydroxylation is 1. The second-order valence-corrected chi connectivity index (χ2v) is 3.90. The summed E-state index contributed by atoms with van der Waals surface area (Å²) in [6.45, 7) is 1.79. The highest BCUT2D eigenvalue weighted by atomic mass is 32.1. The average Bonchev–Trinajstić information content (AvgIpc) is 2.75. The van der Waals surface area contributed by atoms with Gasteiger partial charge in [0.15, 0.2) is 11.5 Å². The van der Waals surface area contributed by atoms with Gasteiger partial charge in [-0.15, -0.1) is 0 Å². The highest BCUT2D eigenvalue weighted by molar-refractivity contribution is 7.07. The van der Waals surface area contributed by atoms with Gasteiger partial charge in [-0.3, -0.25) is 0 Å². The number of rotatable bonds is 3. The van der Waals surface area contributed by atoms with Crippen molar-refractivity contribution in [1.29, 1.82) is 5.26 Å². The molecule has 0 fully saturated rings. The van der Waals surface area contributed by atoms with Crippen LogP contribution in [0.5, 0.6) is 16.7 Å². The third-order valence-electron chi connectivity index (χ3n) is 2.00. The van der Waals surface area contributed by atoms with Crippen LogP contribution < -0.4 is 9.47 Å². The first kappa shape index (κ1) is 11.4. The van der Waals surface area contributed by atoms with Gasteiger partial charge in [0.1, 0.15) is 5.82 Å². The van der Waals surface area contributed by atoms with Crippen LogP contribution in [0.2, 0.25) is 0 Å². The Morgan fingerprint density at radius 1 is 1.35 bits per heavy atom. The molecule has 2 aromatic rings. The van der Waals surface area contributed by atoms with Crippen molar-refractivity contribution >= 4 is 11.5 Å². The molecule has 17 heavy (non-hydrogen) atoms. The van der Waals surface area contributed by atoms with Crippen LogP contribution in [0, 0.1) is 18.3 Å². The van der Waals surface area contributed by atoms with E-state index in [1.165, 1.54) is 18.6 Å². The molecule has 0 aliphatic rings. The Balaban J connectivity index is 2.30. The van der Waals surface area contributed by atoms with Crippen molar-refractivity contribution in [1.82, 2.24) is 9.36 Å². The van der Waals surface area contributed by atoms with Crippen LogP contribution in [-0.2, 0) is 0 Å². The van der Waals surface area contributed by atoms with Crippen LogP contribution in [0.4, 0.5) is 0 Å². The van der Waals surface area contributed by atoms with Gasteiger partial charge in [-0.2, -0.15) is 14.6 Å². The van der Waals surface area contributed by atoms with E-state index in [0.29, 0.717) is 28.1 Å². The first-order valence-electron chi connectivity index (χ1n) is 4.79. The maximum Gasteiger partial charge on any atom is 0.298 e. The maximum atomic E-state index is 8.77. The minimum absolute atomic E-state index is 0.450. The number of hydrogen-bond donors (Lipinski definition) is 0. The predicted octanol–water partition coefficient (Wildman–Crippen LogP) is 2.52. The fraction of sp³-hybridized carbons (Fsp3) is 0.182. The number of nitriles is 1. The normalized spacial score (nSPS) is 9.71. The van der Waals surface area contributed by atoms with E-state index < -0.39 is 0 Å². The van der Waals surface area contributed by atoms with Crippen molar-refractivity contribution in [2.24, 2.45) is 0 Å². The Hall–Kier alpha value is -2.13. The van der Waals surface area contributed by atoms with Crippen LogP contribution in [-0.4, -0.2) is 16.5 Å². The lowest BCUT2D eigenvalue weighted by Crippen LogP contribution is -1.91. The molecule has 0 aliphatic heterocycles. The van der Waals surface area contributed by atoms with Gasteiger partial charge >= 0.3 is 0 Å². The summed E-state index contributed by atoms with van der Waals surface area (Å²) in [5, 5.41) is 9.22. The largest absolute Gasteiger partial charge is 0.493 e. The zero-order valence-corrected chi connectivity index (χ0v) is 10.1. The number of ether oxygens (including phenoxy) is 2. The van der Waals surface area contributed by atoms with Crippen molar-refractivity contribution in [2.75, 3.05) is 7.11 Å². The van der Waals surface area contributed by atoms with E-state index >= 15 is 0 Å². The van der Waals surface area contributed by atoms with Gasteiger partial charge in [-0.05, 0) is 19.1 Å². The molecule has 0 aliphatic carbocycles. The van der Waals surface area contributed by atoms with E-state index in [2.05, 4.69) is 9.36 Å². The van der Waals surface area contributed by atoms with Gasteiger partial charge in [0.25, 0.3) is 5.19 Å². The molecular weight excluding hydrogens is 238 g/mol. The first-order valence-corrected chi connectivity index (χ1v) is 5.56. The van der Waals surface area contributed by atoms with Crippen LogP contribution >= 0.6 is 11.5 Å². The molecule has 0 bridgehead atoms. The van der Waals surface area contributed by atoms with Crippen molar-refractivity contribution in [2.45, 2.75) is 6.92 Å². The van der Waals surface area contributed by atoms with Gasteiger partial charge in [0.2, 0.25) is 0 Å². The van der Waals surface area contributed by atoms with Gasteiger partial charge in [-0.25, -0.2) is 0 Å². The summed E-state index contributed by atoms with van der Waals surface area (Å²) < 4.78 is 14.7. The molecular formula is C11H9N3O2S. The maximum absolute atomic E-state index is 8.77. The van der Waals surface area contributed by atoms with E-state index in [-0.39, 0.29) is 0 Å². The average molecular weight is 247 g/mol. The summed E-state index contributed by atoms with van der Waals surface area (Å²) in [4.78, 5) is 4.09. The topological polar surface area (TPSA) is 68.0 Å². The molecule has 86 valence electrons. The molecule has 0 saturated carbocycles. The summed E-state index contributed by atoms with van der Waals surface area (Å²) in [5.41, 5.74) is 0.516. The molecule has 0 saturated heterocycles. The zero-order valence-electron chi connectivity index (χ0n) is 9.30. The van der Waals surface area contributed by atoms with Gasteiger partial charge in [-0.1, -0.05) is 0 Å². The zero-order chi connectivity index (χ0) is 12.3. The summed E-state index contributed by atoms with van der Waals surface area (Å²) in [6, 6.07) is 6.98. The Morgan fingerprint density at radius 3 is 2.76 bits per heavy atom. The first-order chi connectivity index (χ1) is 8.22. The number of nitrogens with zero attached hydrogens (tertiary/aromatic N) is 3. The van der Waals surface area contributed by atoms with Gasteiger partial charge in [0, 0.05) is 17.6 Å². The summed E-state index contributed by atoms with van der Waals surface area (Å²) >= 11 is 1.17. The van der Waals surface area contributed by atoms with E-state index in [4.69, 9.17) is 14.7 Å². The molecule has 2 rings (SSSR count). The monoisotopic (exact) mass is 247 g/mol. The Morgan fingerprint density at radius 2 is 2.18 bits per heavy atom. The Bertz CT molecular complexity index is 574. The molecule has 1 heterocycles. The third kappa shape index (κ3) is 2.52. The molecule has 0 amide bonds. The second kappa shape index (κ2) is 4.80. The van der Waals surface area contributed by atoms with Crippen molar-refractivity contribution < 1.29 is 9.47 Å². The van der Waals surface area contributed by atoms with Gasteiger partial charge < -0.3 is 9.47 Å². The number of hydrogen-bond acceptors (Lipinski definition) is 6. The molecule has 0 atom stereocenters. The minimum Gasteiger partial charge on any atom is -0.493 e. The summed E-state index contributed by atoms with van der Waals surface area (Å²) in [6.07, 6.45) is 0. The van der Waals surface area contributed by atoms with Crippen molar-refractivity contribution in [3.05, 3.63) is 29.6 Å². The van der Waals surface area contributed by atoms with Crippen LogP contribution in [0.15, 0.2) is 18.2 Å². The Labute approximate surface area is 102 Å². The van der Waals surface area contributed by atoms with E-state index in [0.717, 1.165) is 0 Å². The SMILES string of the molecule is COc1cc(C#N)ccc1Oc1nc(C)ns1. The fourth-order valence-electron chi connectivity index (χ4n) is 1.24. The number of aromatic nitrogens is 2. The molecule has 0 spiro atoms. The lowest BCUT2D eigenvalue weighted by atomic mass is 10.2. The van der Waals surface area contributed by atoms with Crippen LogP contribution in [0.3, 0.4) is 0 Å². The molecule has 0 radical (unpaired) electrons. The fourth-order valence-corrected chi connectivity index (χ4v) is 1.79. The third-order valence-corrected chi connectivity index (χ3v) is 2.69. The van der Waals surface area contributed by atoms with E-state index in [9.17, 15) is 0 Å². The quantitative estimate of drug-likeness (QED) is 0.833. The molecule has 0 unspecified atom stereocenters. The lowest BCUT2D eigenvalue weighted by molar-refractivity contribution is 0.378. The second-order valence-electron chi connectivity index (χ2n) is 3.19.